The SMILES string of the molecule is CCOC(=O)Cc1csc(NCC(CC)CC)n1. The topological polar surface area (TPSA) is 51.2 Å². The zero-order valence-electron chi connectivity index (χ0n) is 11.4. The minimum Gasteiger partial charge on any atom is -0.466 e. The molecular formula is C13H22N2O2S. The number of carbonyl (C=O) groups excluding carboxylic acids is 1. The highest BCUT2D eigenvalue weighted by atomic mass is 32.1. The zero-order chi connectivity index (χ0) is 13.4. The molecule has 0 aliphatic rings. The van der Waals surface area contributed by atoms with Crippen LogP contribution in [-0.4, -0.2) is 24.1 Å². The van der Waals surface area contributed by atoms with Crippen molar-refractivity contribution in [1.29, 1.82) is 0 Å². The molecule has 18 heavy (non-hydrogen) atoms. The molecule has 1 N–H and O–H groups in total. The van der Waals surface area contributed by atoms with E-state index < -0.39 is 0 Å². The van der Waals surface area contributed by atoms with Crippen molar-refractivity contribution in [2.24, 2.45) is 5.92 Å². The fourth-order valence-electron chi connectivity index (χ4n) is 1.64. The predicted molar refractivity (Wildman–Crippen MR) is 75.0 cm³/mol. The third-order valence-corrected chi connectivity index (χ3v) is 3.73. The third-order valence-electron chi connectivity index (χ3n) is 2.88. The molecule has 0 aromatic carbocycles. The van der Waals surface area contributed by atoms with Crippen molar-refractivity contribution in [3.8, 4) is 0 Å². The second kappa shape index (κ2) is 8.08. The van der Waals surface area contributed by atoms with E-state index in [9.17, 15) is 4.79 Å². The number of carbonyl (C=O) groups is 1. The highest BCUT2D eigenvalue weighted by Gasteiger charge is 2.09. The summed E-state index contributed by atoms with van der Waals surface area (Å²) >= 11 is 1.54. The Bertz CT molecular complexity index is 362. The van der Waals surface area contributed by atoms with Crippen LogP contribution in [0.4, 0.5) is 5.13 Å². The number of rotatable bonds is 8. The van der Waals surface area contributed by atoms with Gasteiger partial charge >= 0.3 is 5.97 Å². The average molecular weight is 270 g/mol. The molecule has 1 aromatic heterocycles. The standard InChI is InChI=1S/C13H22N2O2S/c1-4-10(5-2)8-14-13-15-11(9-18-13)7-12(16)17-6-3/h9-10H,4-8H2,1-3H3,(H,14,15). The highest BCUT2D eigenvalue weighted by molar-refractivity contribution is 7.13. The monoisotopic (exact) mass is 270 g/mol. The van der Waals surface area contributed by atoms with Crippen LogP contribution in [0, 0.1) is 5.92 Å². The Labute approximate surface area is 113 Å². The Morgan fingerprint density at radius 3 is 2.78 bits per heavy atom. The van der Waals surface area contributed by atoms with E-state index >= 15 is 0 Å². The fourth-order valence-corrected chi connectivity index (χ4v) is 2.36. The van der Waals surface area contributed by atoms with E-state index in [1.807, 2.05) is 12.3 Å². The first-order valence-electron chi connectivity index (χ1n) is 6.53. The Morgan fingerprint density at radius 2 is 2.17 bits per heavy atom. The van der Waals surface area contributed by atoms with Crippen molar-refractivity contribution in [2.75, 3.05) is 18.5 Å². The number of ether oxygens (including phenoxy) is 1. The minimum atomic E-state index is -0.214. The molecular weight excluding hydrogens is 248 g/mol. The Morgan fingerprint density at radius 1 is 1.44 bits per heavy atom. The van der Waals surface area contributed by atoms with E-state index in [0.717, 1.165) is 17.4 Å². The molecule has 0 atom stereocenters. The maximum atomic E-state index is 11.3. The fraction of sp³-hybridized carbons (Fsp3) is 0.692. The van der Waals surface area contributed by atoms with Gasteiger partial charge in [-0.2, -0.15) is 0 Å². The number of anilines is 1. The van der Waals surface area contributed by atoms with E-state index in [1.165, 1.54) is 12.8 Å². The molecule has 5 heteroatoms. The summed E-state index contributed by atoms with van der Waals surface area (Å²) in [5.41, 5.74) is 0.783. The lowest BCUT2D eigenvalue weighted by atomic mass is 10.0. The molecule has 1 aromatic rings. The molecule has 0 saturated carbocycles. The van der Waals surface area contributed by atoms with Gasteiger partial charge in [0.1, 0.15) is 0 Å². The number of hydrogen-bond donors (Lipinski definition) is 1. The Kier molecular flexibility index (Phi) is 6.72. The van der Waals surface area contributed by atoms with Crippen LogP contribution < -0.4 is 5.32 Å². The minimum absolute atomic E-state index is 0.214. The molecule has 0 spiro atoms. The lowest BCUT2D eigenvalue weighted by Gasteiger charge is -2.11. The highest BCUT2D eigenvalue weighted by Crippen LogP contribution is 2.17. The number of hydrogen-bond acceptors (Lipinski definition) is 5. The summed E-state index contributed by atoms with van der Waals surface area (Å²) in [5.74, 6) is 0.469. The molecule has 1 heterocycles. The smallest absolute Gasteiger partial charge is 0.311 e. The van der Waals surface area contributed by atoms with E-state index in [1.54, 1.807) is 11.3 Å². The van der Waals surface area contributed by atoms with Crippen LogP contribution in [-0.2, 0) is 16.0 Å². The van der Waals surface area contributed by atoms with Crippen molar-refractivity contribution in [1.82, 2.24) is 4.98 Å². The average Bonchev–Trinajstić information content (AvgIpc) is 2.78. The van der Waals surface area contributed by atoms with Crippen LogP contribution >= 0.6 is 11.3 Å². The van der Waals surface area contributed by atoms with E-state index in [2.05, 4.69) is 24.1 Å². The Hall–Kier alpha value is -1.10. The van der Waals surface area contributed by atoms with Crippen LogP contribution in [0.5, 0.6) is 0 Å². The van der Waals surface area contributed by atoms with E-state index in [-0.39, 0.29) is 12.4 Å². The summed E-state index contributed by atoms with van der Waals surface area (Å²) in [4.78, 5) is 15.7. The van der Waals surface area contributed by atoms with Crippen LogP contribution in [0.3, 0.4) is 0 Å². The number of nitrogens with one attached hydrogen (secondary N) is 1. The first-order valence-corrected chi connectivity index (χ1v) is 7.41. The van der Waals surface area contributed by atoms with Crippen molar-refractivity contribution < 1.29 is 9.53 Å². The van der Waals surface area contributed by atoms with Crippen LogP contribution in [0.2, 0.25) is 0 Å². The summed E-state index contributed by atoms with van der Waals surface area (Å²) in [7, 11) is 0. The second-order valence-corrected chi connectivity index (χ2v) is 5.05. The first kappa shape index (κ1) is 15.0. The molecule has 4 nitrogen and oxygen atoms in total. The maximum Gasteiger partial charge on any atom is 0.311 e. The third kappa shape index (κ3) is 5.04. The normalized spacial score (nSPS) is 10.7. The van der Waals surface area contributed by atoms with Gasteiger partial charge in [-0.15, -0.1) is 11.3 Å². The predicted octanol–water partition coefficient (Wildman–Crippen LogP) is 3.10. The van der Waals surface area contributed by atoms with Gasteiger partial charge in [-0.05, 0) is 12.8 Å². The van der Waals surface area contributed by atoms with Crippen LogP contribution in [0.25, 0.3) is 0 Å². The molecule has 0 saturated heterocycles. The summed E-state index contributed by atoms with van der Waals surface area (Å²) in [6.07, 6.45) is 2.60. The van der Waals surface area contributed by atoms with Crippen LogP contribution in [0.15, 0.2) is 5.38 Å². The number of nitrogens with zero attached hydrogens (tertiary/aromatic N) is 1. The van der Waals surface area contributed by atoms with Crippen molar-refractivity contribution in [3.05, 3.63) is 11.1 Å². The molecule has 0 bridgehead atoms. The number of thiazole rings is 1. The van der Waals surface area contributed by atoms with Gasteiger partial charge in [-0.1, -0.05) is 26.7 Å². The molecule has 0 aliphatic carbocycles. The van der Waals surface area contributed by atoms with Gasteiger partial charge in [0.25, 0.3) is 0 Å². The van der Waals surface area contributed by atoms with Crippen LogP contribution in [0.1, 0.15) is 39.3 Å². The lowest BCUT2D eigenvalue weighted by Crippen LogP contribution is -2.12. The molecule has 0 unspecified atom stereocenters. The summed E-state index contributed by atoms with van der Waals surface area (Å²) in [6.45, 7) is 7.57. The van der Waals surface area contributed by atoms with E-state index in [4.69, 9.17) is 4.74 Å². The quantitative estimate of drug-likeness (QED) is 0.737. The summed E-state index contributed by atoms with van der Waals surface area (Å²) < 4.78 is 4.89. The molecule has 102 valence electrons. The largest absolute Gasteiger partial charge is 0.466 e. The van der Waals surface area contributed by atoms with Gasteiger partial charge in [0, 0.05) is 11.9 Å². The van der Waals surface area contributed by atoms with Crippen molar-refractivity contribution >= 4 is 22.4 Å². The van der Waals surface area contributed by atoms with Gasteiger partial charge in [0.15, 0.2) is 5.13 Å². The van der Waals surface area contributed by atoms with Crippen molar-refractivity contribution in [3.63, 3.8) is 0 Å². The summed E-state index contributed by atoms with van der Waals surface area (Å²) in [6, 6.07) is 0. The molecule has 0 aliphatic heterocycles. The number of aromatic nitrogens is 1. The molecule has 0 amide bonds. The maximum absolute atomic E-state index is 11.3. The van der Waals surface area contributed by atoms with Gasteiger partial charge < -0.3 is 10.1 Å². The van der Waals surface area contributed by atoms with Gasteiger partial charge in [-0.25, -0.2) is 4.98 Å². The van der Waals surface area contributed by atoms with Gasteiger partial charge in [0.2, 0.25) is 0 Å². The van der Waals surface area contributed by atoms with E-state index in [0.29, 0.717) is 12.5 Å². The lowest BCUT2D eigenvalue weighted by molar-refractivity contribution is -0.142. The molecule has 0 fully saturated rings. The summed E-state index contributed by atoms with van der Waals surface area (Å²) in [5, 5.41) is 6.13. The zero-order valence-corrected chi connectivity index (χ0v) is 12.2. The first-order chi connectivity index (χ1) is 8.69. The van der Waals surface area contributed by atoms with Gasteiger partial charge in [-0.3, -0.25) is 4.79 Å². The van der Waals surface area contributed by atoms with Gasteiger partial charge in [0.05, 0.1) is 18.7 Å². The Balaban J connectivity index is 2.40. The number of esters is 1. The second-order valence-electron chi connectivity index (χ2n) is 4.19. The van der Waals surface area contributed by atoms with Crippen molar-refractivity contribution in [2.45, 2.75) is 40.0 Å². The molecule has 1 rings (SSSR count). The molecule has 0 radical (unpaired) electrons.